The second-order valence-electron chi connectivity index (χ2n) is 3.57. The van der Waals surface area contributed by atoms with E-state index in [0.29, 0.717) is 13.0 Å². The topological polar surface area (TPSA) is 45.0 Å². The zero-order chi connectivity index (χ0) is 11.8. The predicted molar refractivity (Wildman–Crippen MR) is 64.3 cm³/mol. The summed E-state index contributed by atoms with van der Waals surface area (Å²) in [4.78, 5) is 0. The molecular formula is C13H18N2O. The predicted octanol–water partition coefficient (Wildman–Crippen LogP) is 2.65. The zero-order valence-electron chi connectivity index (χ0n) is 9.86. The Kier molecular flexibility index (Phi) is 5.38. The van der Waals surface area contributed by atoms with Gasteiger partial charge in [0.15, 0.2) is 0 Å². The normalized spacial score (nSPS) is 11.8. The van der Waals surface area contributed by atoms with Crippen LogP contribution in [0, 0.1) is 11.3 Å². The van der Waals surface area contributed by atoms with Crippen LogP contribution in [0.1, 0.15) is 31.4 Å². The lowest BCUT2D eigenvalue weighted by molar-refractivity contribution is 0.397. The highest BCUT2D eigenvalue weighted by Crippen LogP contribution is 2.26. The van der Waals surface area contributed by atoms with Crippen LogP contribution in [0.25, 0.3) is 0 Å². The number of ether oxygens (including phenoxy) is 1. The highest BCUT2D eigenvalue weighted by atomic mass is 16.5. The van der Waals surface area contributed by atoms with Crippen molar-refractivity contribution in [2.24, 2.45) is 0 Å². The van der Waals surface area contributed by atoms with Crippen molar-refractivity contribution in [2.45, 2.75) is 25.8 Å². The Balaban J connectivity index is 2.74. The van der Waals surface area contributed by atoms with Gasteiger partial charge in [0.05, 0.1) is 13.2 Å². The Hall–Kier alpha value is -1.53. The van der Waals surface area contributed by atoms with Gasteiger partial charge in [0.25, 0.3) is 0 Å². The maximum Gasteiger partial charge on any atom is 0.123 e. The fourth-order valence-electron chi connectivity index (χ4n) is 1.73. The van der Waals surface area contributed by atoms with E-state index in [1.807, 2.05) is 18.2 Å². The van der Waals surface area contributed by atoms with Crippen LogP contribution in [0.2, 0.25) is 0 Å². The number of hydrogen-bond acceptors (Lipinski definition) is 3. The monoisotopic (exact) mass is 218 g/mol. The van der Waals surface area contributed by atoms with Gasteiger partial charge in [-0.05, 0) is 12.5 Å². The van der Waals surface area contributed by atoms with E-state index in [-0.39, 0.29) is 6.04 Å². The number of benzene rings is 1. The summed E-state index contributed by atoms with van der Waals surface area (Å²) in [5.74, 6) is 0.902. The van der Waals surface area contributed by atoms with E-state index in [2.05, 4.69) is 24.4 Å². The molecule has 0 aliphatic heterocycles. The quantitative estimate of drug-likeness (QED) is 0.746. The molecule has 1 aromatic carbocycles. The maximum absolute atomic E-state index is 8.51. The van der Waals surface area contributed by atoms with Crippen LogP contribution in [-0.2, 0) is 0 Å². The molecule has 0 radical (unpaired) electrons. The van der Waals surface area contributed by atoms with Crippen LogP contribution in [0.4, 0.5) is 0 Å². The Labute approximate surface area is 97.0 Å². The van der Waals surface area contributed by atoms with E-state index in [1.165, 1.54) is 0 Å². The molecule has 0 saturated heterocycles. The molecule has 1 rings (SSSR count). The molecule has 16 heavy (non-hydrogen) atoms. The highest BCUT2D eigenvalue weighted by Gasteiger charge is 2.12. The molecule has 0 bridgehead atoms. The second kappa shape index (κ2) is 6.86. The summed E-state index contributed by atoms with van der Waals surface area (Å²) in [6, 6.07) is 10.4. The Morgan fingerprint density at radius 2 is 2.19 bits per heavy atom. The Morgan fingerprint density at radius 1 is 1.44 bits per heavy atom. The summed E-state index contributed by atoms with van der Waals surface area (Å²) >= 11 is 0. The van der Waals surface area contributed by atoms with Gasteiger partial charge in [-0.3, -0.25) is 0 Å². The first kappa shape index (κ1) is 12.5. The van der Waals surface area contributed by atoms with Gasteiger partial charge in [-0.2, -0.15) is 5.26 Å². The number of nitriles is 1. The molecule has 1 atom stereocenters. The lowest BCUT2D eigenvalue weighted by Gasteiger charge is -2.19. The minimum absolute atomic E-state index is 0.254. The fourth-order valence-corrected chi connectivity index (χ4v) is 1.73. The van der Waals surface area contributed by atoms with Crippen molar-refractivity contribution in [1.29, 1.82) is 5.26 Å². The summed E-state index contributed by atoms with van der Waals surface area (Å²) in [6.07, 6.45) is 1.51. The number of rotatable bonds is 6. The van der Waals surface area contributed by atoms with Crippen LogP contribution in [0.5, 0.6) is 5.75 Å². The third-order valence-corrected chi connectivity index (χ3v) is 2.55. The molecule has 1 N–H and O–H groups in total. The van der Waals surface area contributed by atoms with Crippen molar-refractivity contribution in [3.05, 3.63) is 29.8 Å². The van der Waals surface area contributed by atoms with Gasteiger partial charge in [-0.25, -0.2) is 0 Å². The van der Waals surface area contributed by atoms with Gasteiger partial charge < -0.3 is 10.1 Å². The minimum Gasteiger partial charge on any atom is -0.496 e. The third-order valence-electron chi connectivity index (χ3n) is 2.55. The molecule has 0 saturated carbocycles. The average Bonchev–Trinajstić information content (AvgIpc) is 2.35. The molecule has 0 aliphatic rings. The fraction of sp³-hybridized carbons (Fsp3) is 0.462. The first-order chi connectivity index (χ1) is 7.83. The molecule has 0 spiro atoms. The van der Waals surface area contributed by atoms with Crippen molar-refractivity contribution in [2.75, 3.05) is 13.7 Å². The zero-order valence-corrected chi connectivity index (χ0v) is 9.86. The molecule has 0 fully saturated rings. The number of para-hydroxylation sites is 1. The van der Waals surface area contributed by atoms with E-state index >= 15 is 0 Å². The number of methoxy groups -OCH3 is 1. The van der Waals surface area contributed by atoms with Gasteiger partial charge in [0.2, 0.25) is 0 Å². The van der Waals surface area contributed by atoms with Crippen LogP contribution in [-0.4, -0.2) is 13.7 Å². The summed E-state index contributed by atoms with van der Waals surface area (Å²) in [6.45, 7) is 2.84. The molecule has 1 unspecified atom stereocenters. The van der Waals surface area contributed by atoms with Crippen molar-refractivity contribution >= 4 is 0 Å². The Bertz CT molecular complexity index is 357. The Morgan fingerprint density at radius 3 is 2.81 bits per heavy atom. The van der Waals surface area contributed by atoms with Crippen molar-refractivity contribution < 1.29 is 4.74 Å². The van der Waals surface area contributed by atoms with Crippen molar-refractivity contribution in [3.63, 3.8) is 0 Å². The van der Waals surface area contributed by atoms with E-state index in [0.717, 1.165) is 17.7 Å². The first-order valence-corrected chi connectivity index (χ1v) is 5.56. The van der Waals surface area contributed by atoms with E-state index in [1.54, 1.807) is 7.11 Å². The van der Waals surface area contributed by atoms with Crippen LogP contribution in [0.3, 0.4) is 0 Å². The summed E-state index contributed by atoms with van der Waals surface area (Å²) in [7, 11) is 1.68. The van der Waals surface area contributed by atoms with Gasteiger partial charge in [-0.1, -0.05) is 25.1 Å². The van der Waals surface area contributed by atoms with Crippen LogP contribution in [0.15, 0.2) is 24.3 Å². The van der Waals surface area contributed by atoms with Crippen LogP contribution >= 0.6 is 0 Å². The molecule has 0 amide bonds. The van der Waals surface area contributed by atoms with Crippen molar-refractivity contribution in [3.8, 4) is 11.8 Å². The number of hydrogen-bond donors (Lipinski definition) is 1. The summed E-state index contributed by atoms with van der Waals surface area (Å²) in [5, 5.41) is 11.9. The highest BCUT2D eigenvalue weighted by molar-refractivity contribution is 5.35. The van der Waals surface area contributed by atoms with E-state index in [9.17, 15) is 0 Å². The van der Waals surface area contributed by atoms with E-state index < -0.39 is 0 Å². The standard InChI is InChI=1S/C13H18N2O/c1-3-12(15-10-6-9-14)11-7-4-5-8-13(11)16-2/h4-5,7-8,12,15H,3,6,10H2,1-2H3. The van der Waals surface area contributed by atoms with Crippen LogP contribution < -0.4 is 10.1 Å². The number of nitrogens with zero attached hydrogens (tertiary/aromatic N) is 1. The molecule has 3 heteroatoms. The minimum atomic E-state index is 0.254. The lowest BCUT2D eigenvalue weighted by atomic mass is 10.0. The molecule has 86 valence electrons. The molecule has 0 heterocycles. The van der Waals surface area contributed by atoms with Gasteiger partial charge in [0.1, 0.15) is 5.75 Å². The molecule has 3 nitrogen and oxygen atoms in total. The lowest BCUT2D eigenvalue weighted by Crippen LogP contribution is -2.22. The smallest absolute Gasteiger partial charge is 0.123 e. The average molecular weight is 218 g/mol. The van der Waals surface area contributed by atoms with Gasteiger partial charge in [-0.15, -0.1) is 0 Å². The van der Waals surface area contributed by atoms with Gasteiger partial charge in [0, 0.05) is 24.6 Å². The largest absolute Gasteiger partial charge is 0.496 e. The number of nitrogens with one attached hydrogen (secondary N) is 1. The van der Waals surface area contributed by atoms with Crippen molar-refractivity contribution in [1.82, 2.24) is 5.32 Å². The molecule has 1 aromatic rings. The molecule has 0 aliphatic carbocycles. The second-order valence-corrected chi connectivity index (χ2v) is 3.57. The molecular weight excluding hydrogens is 200 g/mol. The first-order valence-electron chi connectivity index (χ1n) is 5.56. The third kappa shape index (κ3) is 3.25. The SMILES string of the molecule is CCC(NCCC#N)c1ccccc1OC. The van der Waals surface area contributed by atoms with Gasteiger partial charge >= 0.3 is 0 Å². The maximum atomic E-state index is 8.51. The summed E-state index contributed by atoms with van der Waals surface area (Å²) < 4.78 is 5.33. The molecule has 0 aromatic heterocycles. The summed E-state index contributed by atoms with van der Waals surface area (Å²) in [5.41, 5.74) is 1.16. The van der Waals surface area contributed by atoms with E-state index in [4.69, 9.17) is 10.00 Å².